The molecule has 2 aromatic heterocycles. The van der Waals surface area contributed by atoms with E-state index in [2.05, 4.69) is 43.0 Å². The first-order chi connectivity index (χ1) is 12.9. The number of hydrogen-bond acceptors (Lipinski definition) is 6. The molecule has 1 fully saturated rings. The number of nitrogens with zero attached hydrogens (tertiary/aromatic N) is 5. The highest BCUT2D eigenvalue weighted by atomic mass is 79.9. The number of carbonyl (C=O) groups excluding carboxylic acids is 1. The topological polar surface area (TPSA) is 74.0 Å². The van der Waals surface area contributed by atoms with Gasteiger partial charge in [0.05, 0.1) is 10.9 Å². The van der Waals surface area contributed by atoms with Crippen molar-refractivity contribution >= 4 is 38.1 Å². The molecule has 0 unspecified atom stereocenters. The van der Waals surface area contributed by atoms with E-state index in [9.17, 15) is 9.90 Å². The number of benzene rings is 1. The van der Waals surface area contributed by atoms with Crippen LogP contribution in [-0.2, 0) is 4.79 Å². The highest BCUT2D eigenvalue weighted by Crippen LogP contribution is 2.40. The first-order valence-corrected chi connectivity index (χ1v) is 10.3. The second-order valence-electron chi connectivity index (χ2n) is 6.64. The fraction of sp³-hybridized carbons (Fsp3) is 0.389. The van der Waals surface area contributed by atoms with E-state index in [4.69, 9.17) is 0 Å². The lowest BCUT2D eigenvalue weighted by molar-refractivity contribution is -0.130. The average Bonchev–Trinajstić information content (AvgIpc) is 3.14. The average molecular weight is 450 g/mol. The molecule has 0 saturated carbocycles. The molecule has 0 aliphatic carbocycles. The minimum Gasteiger partial charge on any atom is -0.492 e. The third kappa shape index (κ3) is 3.46. The van der Waals surface area contributed by atoms with Crippen LogP contribution >= 0.6 is 27.3 Å². The zero-order valence-electron chi connectivity index (χ0n) is 15.1. The van der Waals surface area contributed by atoms with Crippen LogP contribution in [0, 0.1) is 6.92 Å². The number of fused-ring (bicyclic) bond motifs is 1. The lowest BCUT2D eigenvalue weighted by Crippen LogP contribution is -2.49. The number of amides is 1. The van der Waals surface area contributed by atoms with Gasteiger partial charge in [-0.3, -0.25) is 9.69 Å². The van der Waals surface area contributed by atoms with Gasteiger partial charge in [-0.2, -0.15) is 4.52 Å². The van der Waals surface area contributed by atoms with Crippen molar-refractivity contribution in [3.05, 3.63) is 45.0 Å². The number of aromatic hydroxyl groups is 1. The standard InChI is InChI=1S/C18H20BrN5O2S/c1-11-20-18-24(21-11)17(26)16(27-18)15(13-4-3-5-14(19)10-13)23-8-6-22(7-9-23)12(2)25/h3-5,10,15,26H,6-9H2,1-2H3/t15-/m1/s1. The first-order valence-electron chi connectivity index (χ1n) is 8.74. The maximum absolute atomic E-state index is 11.7. The number of thiazole rings is 1. The van der Waals surface area contributed by atoms with Crippen LogP contribution in [0.15, 0.2) is 28.7 Å². The van der Waals surface area contributed by atoms with E-state index in [-0.39, 0.29) is 17.8 Å². The quantitative estimate of drug-likeness (QED) is 0.665. The summed E-state index contributed by atoms with van der Waals surface area (Å²) in [6.45, 7) is 6.26. The van der Waals surface area contributed by atoms with Gasteiger partial charge in [0.1, 0.15) is 5.82 Å². The summed E-state index contributed by atoms with van der Waals surface area (Å²) in [5.74, 6) is 0.873. The number of aryl methyl sites for hydroxylation is 1. The van der Waals surface area contributed by atoms with Crippen LogP contribution in [0.1, 0.15) is 29.2 Å². The zero-order valence-corrected chi connectivity index (χ0v) is 17.5. The molecule has 1 saturated heterocycles. The van der Waals surface area contributed by atoms with Gasteiger partial charge in [-0.25, -0.2) is 4.98 Å². The van der Waals surface area contributed by atoms with Crippen LogP contribution in [0.3, 0.4) is 0 Å². The fourth-order valence-electron chi connectivity index (χ4n) is 3.53. The highest BCUT2D eigenvalue weighted by Gasteiger charge is 2.32. The number of halogens is 1. The summed E-state index contributed by atoms with van der Waals surface area (Å²) in [6, 6.07) is 8.00. The Bertz CT molecular complexity index is 993. The first kappa shape index (κ1) is 18.4. The third-order valence-electron chi connectivity index (χ3n) is 4.84. The predicted molar refractivity (Wildman–Crippen MR) is 107 cm³/mol. The number of hydrogen-bond donors (Lipinski definition) is 1. The van der Waals surface area contributed by atoms with E-state index >= 15 is 0 Å². The van der Waals surface area contributed by atoms with Crippen molar-refractivity contribution in [3.63, 3.8) is 0 Å². The zero-order chi connectivity index (χ0) is 19.1. The van der Waals surface area contributed by atoms with Crippen LogP contribution < -0.4 is 0 Å². The van der Waals surface area contributed by atoms with E-state index in [0.717, 1.165) is 28.0 Å². The molecule has 0 radical (unpaired) electrons. The lowest BCUT2D eigenvalue weighted by Gasteiger charge is -2.38. The van der Waals surface area contributed by atoms with Crippen LogP contribution in [0.4, 0.5) is 0 Å². The molecule has 3 heterocycles. The van der Waals surface area contributed by atoms with Crippen LogP contribution in [0.2, 0.25) is 0 Å². The van der Waals surface area contributed by atoms with Gasteiger partial charge in [-0.05, 0) is 24.6 Å². The van der Waals surface area contributed by atoms with Gasteiger partial charge in [0.25, 0.3) is 0 Å². The van der Waals surface area contributed by atoms with Crippen LogP contribution in [0.25, 0.3) is 4.96 Å². The number of rotatable bonds is 3. The maximum Gasteiger partial charge on any atom is 0.230 e. The molecular formula is C18H20BrN5O2S. The highest BCUT2D eigenvalue weighted by molar-refractivity contribution is 9.10. The van der Waals surface area contributed by atoms with Crippen molar-refractivity contribution in [1.82, 2.24) is 24.4 Å². The Kier molecular flexibility index (Phi) is 4.92. The normalized spacial score (nSPS) is 16.8. The summed E-state index contributed by atoms with van der Waals surface area (Å²) in [4.78, 5) is 21.7. The van der Waals surface area contributed by atoms with Gasteiger partial charge in [-0.1, -0.05) is 39.4 Å². The maximum atomic E-state index is 11.7. The van der Waals surface area contributed by atoms with Gasteiger partial charge < -0.3 is 10.0 Å². The van der Waals surface area contributed by atoms with E-state index < -0.39 is 0 Å². The van der Waals surface area contributed by atoms with Gasteiger partial charge in [0.2, 0.25) is 16.7 Å². The summed E-state index contributed by atoms with van der Waals surface area (Å²) in [7, 11) is 0. The monoisotopic (exact) mass is 449 g/mol. The molecule has 1 amide bonds. The second kappa shape index (κ2) is 7.21. The number of carbonyl (C=O) groups is 1. The molecule has 1 aliphatic rings. The van der Waals surface area contributed by atoms with E-state index in [0.29, 0.717) is 23.9 Å². The van der Waals surface area contributed by atoms with Crippen molar-refractivity contribution in [2.75, 3.05) is 26.2 Å². The van der Waals surface area contributed by atoms with Crippen molar-refractivity contribution in [2.45, 2.75) is 19.9 Å². The smallest absolute Gasteiger partial charge is 0.230 e. The number of aromatic nitrogens is 3. The van der Waals surface area contributed by atoms with Crippen LogP contribution in [0.5, 0.6) is 5.88 Å². The largest absolute Gasteiger partial charge is 0.492 e. The lowest BCUT2D eigenvalue weighted by atomic mass is 10.0. The van der Waals surface area contributed by atoms with Crippen molar-refractivity contribution in [1.29, 1.82) is 0 Å². The Hall–Kier alpha value is -1.97. The second-order valence-corrected chi connectivity index (χ2v) is 8.57. The minimum atomic E-state index is -0.120. The fourth-order valence-corrected chi connectivity index (χ4v) is 5.11. The van der Waals surface area contributed by atoms with Gasteiger partial charge in [0.15, 0.2) is 0 Å². The number of piperazine rings is 1. The van der Waals surface area contributed by atoms with Crippen molar-refractivity contribution in [2.24, 2.45) is 0 Å². The van der Waals surface area contributed by atoms with E-state index in [1.54, 1.807) is 6.92 Å². The minimum absolute atomic E-state index is 0.103. The molecule has 4 rings (SSSR count). The van der Waals surface area contributed by atoms with Crippen molar-refractivity contribution < 1.29 is 9.90 Å². The molecule has 27 heavy (non-hydrogen) atoms. The molecule has 0 bridgehead atoms. The van der Waals surface area contributed by atoms with Gasteiger partial charge in [0, 0.05) is 37.6 Å². The van der Waals surface area contributed by atoms with Gasteiger partial charge in [-0.15, -0.1) is 5.10 Å². The molecule has 1 aliphatic heterocycles. The third-order valence-corrected chi connectivity index (χ3v) is 6.41. The summed E-state index contributed by atoms with van der Waals surface area (Å²) in [5.41, 5.74) is 1.08. The molecule has 7 nitrogen and oxygen atoms in total. The predicted octanol–water partition coefficient (Wildman–Crippen LogP) is 2.82. The molecule has 1 aromatic carbocycles. The summed E-state index contributed by atoms with van der Waals surface area (Å²) < 4.78 is 2.49. The SMILES string of the molecule is CC(=O)N1CCN([C@H](c2cccc(Br)c2)c2sc3nc(C)nn3c2O)CC1. The van der Waals surface area contributed by atoms with Crippen LogP contribution in [-0.4, -0.2) is 61.6 Å². The molecule has 142 valence electrons. The Morgan fingerprint density at radius 3 is 2.67 bits per heavy atom. The molecule has 0 spiro atoms. The van der Waals surface area contributed by atoms with Gasteiger partial charge >= 0.3 is 0 Å². The molecule has 1 N–H and O–H groups in total. The Morgan fingerprint density at radius 2 is 2.04 bits per heavy atom. The summed E-state index contributed by atoms with van der Waals surface area (Å²) in [5, 5.41) is 15.1. The Labute approximate surface area is 169 Å². The van der Waals surface area contributed by atoms with E-state index in [1.165, 1.54) is 15.9 Å². The van der Waals surface area contributed by atoms with E-state index in [1.807, 2.05) is 24.0 Å². The van der Waals surface area contributed by atoms with Crippen molar-refractivity contribution in [3.8, 4) is 5.88 Å². The molecule has 3 aromatic rings. The molecule has 9 heteroatoms. The Balaban J connectivity index is 1.75. The summed E-state index contributed by atoms with van der Waals surface area (Å²) in [6.07, 6.45) is 0. The summed E-state index contributed by atoms with van der Waals surface area (Å²) >= 11 is 5.01. The molecular weight excluding hydrogens is 430 g/mol. The molecule has 1 atom stereocenters. The Morgan fingerprint density at radius 1 is 1.30 bits per heavy atom.